The van der Waals surface area contributed by atoms with E-state index in [1.165, 1.54) is 0 Å². The van der Waals surface area contributed by atoms with Crippen LogP contribution in [-0.4, -0.2) is 27.3 Å². The van der Waals surface area contributed by atoms with E-state index in [1.807, 2.05) is 24.3 Å². The molecule has 1 heterocycles. The van der Waals surface area contributed by atoms with E-state index in [0.717, 1.165) is 35.9 Å². The predicted octanol–water partition coefficient (Wildman–Crippen LogP) is 3.24. The van der Waals surface area contributed by atoms with Gasteiger partial charge in [-0.2, -0.15) is 0 Å². The average Bonchev–Trinajstić information content (AvgIpc) is 2.34. The second kappa shape index (κ2) is 4.01. The third kappa shape index (κ3) is 1.92. The van der Waals surface area contributed by atoms with Gasteiger partial charge in [0.2, 0.25) is 0 Å². The molecule has 0 radical (unpaired) electrons. The number of rotatable bonds is 3. The molecule has 1 aromatic heterocycles. The fourth-order valence-electron chi connectivity index (χ4n) is 3.80. The van der Waals surface area contributed by atoms with Gasteiger partial charge in [-0.15, -0.1) is 0 Å². The van der Waals surface area contributed by atoms with Gasteiger partial charge >= 0.3 is 6.09 Å². The Morgan fingerprint density at radius 2 is 2.00 bits per heavy atom. The van der Waals surface area contributed by atoms with Gasteiger partial charge in [-0.1, -0.05) is 11.6 Å². The first-order chi connectivity index (χ1) is 9.99. The summed E-state index contributed by atoms with van der Waals surface area (Å²) in [6.45, 7) is 0. The number of pyridine rings is 1. The first kappa shape index (κ1) is 12.7. The minimum Gasteiger partial charge on any atom is -0.465 e. The average molecular weight is 304 g/mol. The van der Waals surface area contributed by atoms with Crippen LogP contribution in [0.15, 0.2) is 30.5 Å². The number of fused-ring (bicyclic) bond motifs is 1. The summed E-state index contributed by atoms with van der Waals surface area (Å²) in [5.74, 6) is 0. The standard InChI is InChI=1S/C15H14ClN3O2/c16-9-1-2-10-11(3-4-17-12(10)5-9)18-14-6-15(7-14,8-14)19-13(20)21/h1-5,19H,6-8H2,(H,17,18)(H,20,21). The lowest BCUT2D eigenvalue weighted by molar-refractivity contribution is -0.0571. The molecular formula is C15H14ClN3O2. The van der Waals surface area contributed by atoms with Gasteiger partial charge in [0, 0.05) is 27.8 Å². The van der Waals surface area contributed by atoms with Crippen LogP contribution in [0.5, 0.6) is 0 Å². The minimum atomic E-state index is -0.938. The van der Waals surface area contributed by atoms with Crippen molar-refractivity contribution >= 4 is 34.3 Å². The molecule has 6 heteroatoms. The summed E-state index contributed by atoms with van der Waals surface area (Å²) in [6.07, 6.45) is 3.33. The number of carboxylic acid groups (broad SMARTS) is 1. The Morgan fingerprint density at radius 1 is 1.24 bits per heavy atom. The lowest BCUT2D eigenvalue weighted by atomic mass is 9.44. The van der Waals surface area contributed by atoms with Gasteiger partial charge < -0.3 is 15.7 Å². The molecule has 5 nitrogen and oxygen atoms in total. The molecule has 3 aliphatic rings. The Labute approximate surface area is 126 Å². The molecule has 3 aliphatic carbocycles. The zero-order chi connectivity index (χ0) is 14.7. The monoisotopic (exact) mass is 303 g/mol. The Bertz CT molecular complexity index is 742. The minimum absolute atomic E-state index is 0.0242. The van der Waals surface area contributed by atoms with Crippen molar-refractivity contribution in [3.63, 3.8) is 0 Å². The SMILES string of the molecule is O=C(O)NC12CC(Nc3ccnc4cc(Cl)ccc34)(C1)C2. The molecule has 0 saturated heterocycles. The predicted molar refractivity (Wildman–Crippen MR) is 80.8 cm³/mol. The molecule has 1 aromatic carbocycles. The van der Waals surface area contributed by atoms with Crippen LogP contribution in [0.25, 0.3) is 10.9 Å². The summed E-state index contributed by atoms with van der Waals surface area (Å²) >= 11 is 5.99. The second-order valence-electron chi connectivity index (χ2n) is 6.17. The molecule has 0 aliphatic heterocycles. The Balaban J connectivity index is 1.56. The molecule has 5 rings (SSSR count). The Hall–Kier alpha value is -2.01. The van der Waals surface area contributed by atoms with Gasteiger partial charge in [0.15, 0.2) is 0 Å². The summed E-state index contributed by atoms with van der Waals surface area (Å²) in [5.41, 5.74) is 1.71. The largest absolute Gasteiger partial charge is 0.465 e. The van der Waals surface area contributed by atoms with Crippen LogP contribution >= 0.6 is 11.6 Å². The van der Waals surface area contributed by atoms with E-state index in [1.54, 1.807) is 6.20 Å². The van der Waals surface area contributed by atoms with Crippen molar-refractivity contribution in [1.29, 1.82) is 0 Å². The number of carbonyl (C=O) groups is 1. The topological polar surface area (TPSA) is 74.2 Å². The van der Waals surface area contributed by atoms with Crippen LogP contribution in [0.4, 0.5) is 10.5 Å². The van der Waals surface area contributed by atoms with E-state index in [-0.39, 0.29) is 11.1 Å². The third-order valence-corrected chi connectivity index (χ3v) is 4.74. The fourth-order valence-corrected chi connectivity index (χ4v) is 3.96. The van der Waals surface area contributed by atoms with Crippen molar-refractivity contribution in [3.8, 4) is 0 Å². The van der Waals surface area contributed by atoms with Crippen LogP contribution in [-0.2, 0) is 0 Å². The number of amides is 1. The van der Waals surface area contributed by atoms with Crippen molar-refractivity contribution in [2.24, 2.45) is 0 Å². The van der Waals surface area contributed by atoms with Crippen LogP contribution in [0, 0.1) is 0 Å². The van der Waals surface area contributed by atoms with Gasteiger partial charge in [0.05, 0.1) is 11.1 Å². The zero-order valence-corrected chi connectivity index (χ0v) is 11.9. The van der Waals surface area contributed by atoms with Gasteiger partial charge in [-0.25, -0.2) is 4.79 Å². The maximum atomic E-state index is 10.7. The lowest BCUT2D eigenvalue weighted by Crippen LogP contribution is -2.81. The molecule has 0 unspecified atom stereocenters. The van der Waals surface area contributed by atoms with Crippen molar-refractivity contribution in [1.82, 2.24) is 10.3 Å². The summed E-state index contributed by atoms with van der Waals surface area (Å²) in [5, 5.41) is 16.7. The van der Waals surface area contributed by atoms with Crippen molar-refractivity contribution in [2.45, 2.75) is 30.3 Å². The molecule has 2 bridgehead atoms. The number of nitrogens with one attached hydrogen (secondary N) is 2. The normalized spacial score (nSPS) is 29.4. The van der Waals surface area contributed by atoms with Crippen LogP contribution in [0.3, 0.4) is 0 Å². The van der Waals surface area contributed by atoms with Gasteiger partial charge in [-0.05, 0) is 43.5 Å². The quantitative estimate of drug-likeness (QED) is 0.814. The van der Waals surface area contributed by atoms with Crippen molar-refractivity contribution < 1.29 is 9.90 Å². The summed E-state index contributed by atoms with van der Waals surface area (Å²) in [7, 11) is 0. The highest BCUT2D eigenvalue weighted by atomic mass is 35.5. The maximum Gasteiger partial charge on any atom is 0.405 e. The summed E-state index contributed by atoms with van der Waals surface area (Å²) in [4.78, 5) is 15.1. The summed E-state index contributed by atoms with van der Waals surface area (Å²) in [6, 6.07) is 7.61. The fraction of sp³-hybridized carbons (Fsp3) is 0.333. The number of aromatic nitrogens is 1. The number of anilines is 1. The molecular weight excluding hydrogens is 290 g/mol. The van der Waals surface area contributed by atoms with Crippen molar-refractivity contribution in [3.05, 3.63) is 35.5 Å². The van der Waals surface area contributed by atoms with E-state index in [4.69, 9.17) is 16.7 Å². The first-order valence-corrected chi connectivity index (χ1v) is 7.21. The number of halogens is 1. The molecule has 3 fully saturated rings. The third-order valence-electron chi connectivity index (χ3n) is 4.51. The number of nitrogens with zero attached hydrogens (tertiary/aromatic N) is 1. The Morgan fingerprint density at radius 3 is 2.71 bits per heavy atom. The van der Waals surface area contributed by atoms with E-state index in [0.29, 0.717) is 5.02 Å². The second-order valence-corrected chi connectivity index (χ2v) is 6.60. The first-order valence-electron chi connectivity index (χ1n) is 6.83. The summed E-state index contributed by atoms with van der Waals surface area (Å²) < 4.78 is 0. The van der Waals surface area contributed by atoms with Crippen LogP contribution in [0.2, 0.25) is 5.02 Å². The molecule has 108 valence electrons. The van der Waals surface area contributed by atoms with E-state index in [2.05, 4.69) is 15.6 Å². The van der Waals surface area contributed by atoms with E-state index in [9.17, 15) is 4.79 Å². The Kier molecular flexibility index (Phi) is 2.43. The van der Waals surface area contributed by atoms with Gasteiger partial charge in [0.1, 0.15) is 0 Å². The van der Waals surface area contributed by atoms with Crippen LogP contribution < -0.4 is 10.6 Å². The van der Waals surface area contributed by atoms with Crippen LogP contribution in [0.1, 0.15) is 19.3 Å². The molecule has 3 saturated carbocycles. The number of hydrogen-bond donors (Lipinski definition) is 3. The molecule has 0 spiro atoms. The van der Waals surface area contributed by atoms with E-state index >= 15 is 0 Å². The highest BCUT2D eigenvalue weighted by molar-refractivity contribution is 6.31. The molecule has 2 aromatic rings. The molecule has 0 atom stereocenters. The highest BCUT2D eigenvalue weighted by Crippen LogP contribution is 2.62. The molecule has 3 N–H and O–H groups in total. The molecule has 21 heavy (non-hydrogen) atoms. The smallest absolute Gasteiger partial charge is 0.405 e. The molecule has 1 amide bonds. The highest BCUT2D eigenvalue weighted by Gasteiger charge is 2.69. The maximum absolute atomic E-state index is 10.7. The zero-order valence-electron chi connectivity index (χ0n) is 11.2. The lowest BCUT2D eigenvalue weighted by Gasteiger charge is -2.70. The van der Waals surface area contributed by atoms with Gasteiger partial charge in [-0.3, -0.25) is 4.98 Å². The number of hydrogen-bond acceptors (Lipinski definition) is 3. The van der Waals surface area contributed by atoms with Crippen molar-refractivity contribution in [2.75, 3.05) is 5.32 Å². The number of benzene rings is 1. The van der Waals surface area contributed by atoms with E-state index < -0.39 is 6.09 Å². The van der Waals surface area contributed by atoms with Gasteiger partial charge in [0.25, 0.3) is 0 Å².